The average Bonchev–Trinajstić information content (AvgIpc) is 3.00. The van der Waals surface area contributed by atoms with Crippen molar-refractivity contribution in [1.29, 1.82) is 0 Å². The number of anilines is 5. The standard InChI is InChI=1S/C34H28N6O2.2ClH/c1-39-19-5-6-27(21-39)38-34(42)23-11-16-26(17-12-23)37-33(41)22-9-14-25(15-10-22)36-32-28-7-3-4-8-30(28)40(2)31-18-13-24(35)20-29(31)32;;/h3-21H,35H2,1-2H3,(H-,37,38,41,42);2*1H. The molecule has 6 rings (SSSR count). The molecule has 0 aliphatic heterocycles. The van der Waals surface area contributed by atoms with Crippen molar-refractivity contribution in [3.05, 3.63) is 127 Å². The quantitative estimate of drug-likeness (QED) is 0.114. The maximum atomic E-state index is 13.0. The van der Waals surface area contributed by atoms with Gasteiger partial charge in [0.15, 0.2) is 12.4 Å². The van der Waals surface area contributed by atoms with Gasteiger partial charge in [0, 0.05) is 46.4 Å². The van der Waals surface area contributed by atoms with Gasteiger partial charge in [0.05, 0.1) is 16.5 Å². The Bertz CT molecular complexity index is 1980. The number of nitrogens with one attached hydrogen (secondary N) is 3. The predicted octanol–water partition coefficient (Wildman–Crippen LogP) is -0.520. The molecule has 0 atom stereocenters. The number of hydrogen-bond acceptors (Lipinski definition) is 4. The van der Waals surface area contributed by atoms with Crippen molar-refractivity contribution in [2.45, 2.75) is 0 Å². The molecule has 222 valence electrons. The monoisotopic (exact) mass is 624 g/mol. The molecule has 0 saturated heterocycles. The molecule has 0 spiro atoms. The van der Waals surface area contributed by atoms with E-state index in [0.29, 0.717) is 28.2 Å². The van der Waals surface area contributed by atoms with Gasteiger partial charge in [0.1, 0.15) is 19.8 Å². The van der Waals surface area contributed by atoms with E-state index < -0.39 is 0 Å². The maximum Gasteiger partial charge on any atom is 0.255 e. The van der Waals surface area contributed by atoms with Crippen LogP contribution in [0, 0.1) is 0 Å². The third-order valence-corrected chi connectivity index (χ3v) is 7.21. The highest BCUT2D eigenvalue weighted by molar-refractivity contribution is 6.08. The summed E-state index contributed by atoms with van der Waals surface area (Å²) < 4.78 is 4.02. The van der Waals surface area contributed by atoms with Gasteiger partial charge in [0.25, 0.3) is 11.8 Å². The summed E-state index contributed by atoms with van der Waals surface area (Å²) in [5.41, 5.74) is 13.1. The molecule has 10 heteroatoms. The van der Waals surface area contributed by atoms with E-state index in [9.17, 15) is 9.59 Å². The first kappa shape index (κ1) is 31.7. The van der Waals surface area contributed by atoms with Crippen LogP contribution < -0.4 is 55.6 Å². The maximum absolute atomic E-state index is 13.0. The first-order valence-electron chi connectivity index (χ1n) is 13.5. The first-order valence-corrected chi connectivity index (χ1v) is 13.5. The van der Waals surface area contributed by atoms with E-state index in [-0.39, 0.29) is 36.6 Å². The van der Waals surface area contributed by atoms with Crippen molar-refractivity contribution >= 4 is 62.1 Å². The Morgan fingerprint density at radius 2 is 1.23 bits per heavy atom. The predicted molar refractivity (Wildman–Crippen MR) is 167 cm³/mol. The van der Waals surface area contributed by atoms with E-state index in [1.165, 1.54) is 0 Å². The van der Waals surface area contributed by atoms with Gasteiger partial charge in [-0.25, -0.2) is 4.57 Å². The first-order chi connectivity index (χ1) is 20.4. The smallest absolute Gasteiger partial charge is 0.255 e. The van der Waals surface area contributed by atoms with E-state index in [1.807, 2.05) is 85.7 Å². The van der Waals surface area contributed by atoms with Gasteiger partial charge >= 0.3 is 0 Å². The Kier molecular flexibility index (Phi) is 9.68. The summed E-state index contributed by atoms with van der Waals surface area (Å²) in [5, 5.41) is 11.4. The zero-order valence-corrected chi connectivity index (χ0v) is 25.5. The van der Waals surface area contributed by atoms with Crippen LogP contribution in [0.2, 0.25) is 0 Å². The second-order valence-electron chi connectivity index (χ2n) is 10.2. The largest absolute Gasteiger partial charge is 1.00 e. The number of fused-ring (bicyclic) bond motifs is 2. The highest BCUT2D eigenvalue weighted by Gasteiger charge is 2.18. The summed E-state index contributed by atoms with van der Waals surface area (Å²) in [7, 11) is 3.94. The minimum absolute atomic E-state index is 0. The zero-order valence-electron chi connectivity index (χ0n) is 24.0. The molecule has 44 heavy (non-hydrogen) atoms. The number of halogens is 2. The molecule has 6 aromatic rings. The van der Waals surface area contributed by atoms with Crippen molar-refractivity contribution in [2.24, 2.45) is 14.1 Å². The topological polar surface area (TPSA) is 104 Å². The fraction of sp³-hybridized carbons (Fsp3) is 0.0588. The number of benzene rings is 4. The number of aryl methyl sites for hydroxylation is 2. The second-order valence-corrected chi connectivity index (χ2v) is 10.2. The third kappa shape index (κ3) is 6.57. The highest BCUT2D eigenvalue weighted by atomic mass is 35.5. The van der Waals surface area contributed by atoms with Crippen molar-refractivity contribution in [1.82, 2.24) is 0 Å². The third-order valence-electron chi connectivity index (χ3n) is 7.21. The molecule has 2 aromatic heterocycles. The number of nitrogen functional groups attached to an aromatic ring is 1. The van der Waals surface area contributed by atoms with Crippen molar-refractivity contribution in [3.63, 3.8) is 0 Å². The molecule has 0 aliphatic carbocycles. The normalized spacial score (nSPS) is 10.4. The SMILES string of the molecule is C[n+]1cccc(NC(=O)c2ccc(NC(=O)c3ccc(Nc4c5ccccc5[n+](C)c5ccc(N)cc45)cc3)cc2)c1.[Cl-].[Cl-]. The van der Waals surface area contributed by atoms with Crippen LogP contribution >= 0.6 is 0 Å². The summed E-state index contributed by atoms with van der Waals surface area (Å²) in [5.74, 6) is -0.469. The Morgan fingerprint density at radius 1 is 0.636 bits per heavy atom. The molecule has 0 bridgehead atoms. The summed E-state index contributed by atoms with van der Waals surface area (Å²) in [6.07, 6.45) is 3.72. The molecular weight excluding hydrogens is 595 g/mol. The minimum atomic E-state index is -0.244. The molecule has 0 saturated carbocycles. The summed E-state index contributed by atoms with van der Waals surface area (Å²) >= 11 is 0. The highest BCUT2D eigenvalue weighted by Crippen LogP contribution is 2.33. The molecule has 0 aliphatic rings. The fourth-order valence-electron chi connectivity index (χ4n) is 5.06. The van der Waals surface area contributed by atoms with Crippen LogP contribution in [-0.2, 0) is 14.1 Å². The van der Waals surface area contributed by atoms with E-state index >= 15 is 0 Å². The second kappa shape index (κ2) is 13.4. The van der Waals surface area contributed by atoms with E-state index in [0.717, 1.165) is 33.2 Å². The summed E-state index contributed by atoms with van der Waals surface area (Å²) in [4.78, 5) is 25.6. The lowest BCUT2D eigenvalue weighted by atomic mass is 10.1. The van der Waals surface area contributed by atoms with Gasteiger partial charge < -0.3 is 46.5 Å². The Labute approximate surface area is 267 Å². The molecule has 0 unspecified atom stereocenters. The van der Waals surface area contributed by atoms with Gasteiger partial charge in [-0.15, -0.1) is 0 Å². The number of nitrogens with zero attached hydrogens (tertiary/aromatic N) is 2. The molecule has 0 fully saturated rings. The number of para-hydroxylation sites is 1. The van der Waals surface area contributed by atoms with Crippen LogP contribution in [0.15, 0.2) is 116 Å². The van der Waals surface area contributed by atoms with Gasteiger partial charge in [0.2, 0.25) is 11.0 Å². The van der Waals surface area contributed by atoms with Crippen LogP contribution in [0.5, 0.6) is 0 Å². The molecule has 2 amide bonds. The lowest BCUT2D eigenvalue weighted by Gasteiger charge is -2.13. The van der Waals surface area contributed by atoms with Crippen LogP contribution in [0.1, 0.15) is 20.7 Å². The van der Waals surface area contributed by atoms with Gasteiger partial charge in [-0.05, 0) is 72.8 Å². The molecular formula is C34H30Cl2N6O2. The molecule has 8 nitrogen and oxygen atoms in total. The van der Waals surface area contributed by atoms with E-state index in [2.05, 4.69) is 32.7 Å². The number of pyridine rings is 2. The van der Waals surface area contributed by atoms with Crippen molar-refractivity contribution in [3.8, 4) is 0 Å². The molecule has 5 N–H and O–H groups in total. The van der Waals surface area contributed by atoms with Crippen LogP contribution in [0.3, 0.4) is 0 Å². The zero-order chi connectivity index (χ0) is 29.2. The average molecular weight is 626 g/mol. The number of carbonyl (C=O) groups excluding carboxylic acids is 2. The molecule has 4 aromatic carbocycles. The van der Waals surface area contributed by atoms with E-state index in [1.54, 1.807) is 36.4 Å². The molecule has 2 heterocycles. The number of nitrogens with two attached hydrogens (primary N) is 1. The summed E-state index contributed by atoms with van der Waals surface area (Å²) in [6.45, 7) is 0. The number of amides is 2. The summed E-state index contributed by atoms with van der Waals surface area (Å²) in [6, 6.07) is 31.9. The Balaban J connectivity index is 0.00000221. The van der Waals surface area contributed by atoms with Gasteiger partial charge in [-0.2, -0.15) is 4.57 Å². The Hall–Kier alpha value is -5.18. The Morgan fingerprint density at radius 3 is 1.89 bits per heavy atom. The van der Waals surface area contributed by atoms with Gasteiger partial charge in [-0.1, -0.05) is 12.1 Å². The van der Waals surface area contributed by atoms with Crippen LogP contribution in [0.4, 0.5) is 28.4 Å². The number of aromatic nitrogens is 2. The van der Waals surface area contributed by atoms with Crippen LogP contribution in [0.25, 0.3) is 21.8 Å². The number of carbonyl (C=O) groups is 2. The number of hydrogen-bond donors (Lipinski definition) is 4. The van der Waals surface area contributed by atoms with Gasteiger partial charge in [-0.3, -0.25) is 9.59 Å². The number of rotatable bonds is 6. The lowest BCUT2D eigenvalue weighted by Crippen LogP contribution is -3.00. The molecule has 0 radical (unpaired) electrons. The lowest BCUT2D eigenvalue weighted by molar-refractivity contribution is -0.670. The van der Waals surface area contributed by atoms with E-state index in [4.69, 9.17) is 5.73 Å². The van der Waals surface area contributed by atoms with Crippen molar-refractivity contribution < 1.29 is 43.5 Å². The van der Waals surface area contributed by atoms with Crippen LogP contribution in [-0.4, -0.2) is 11.8 Å². The fourth-order valence-corrected chi connectivity index (χ4v) is 5.06. The van der Waals surface area contributed by atoms with Crippen molar-refractivity contribution in [2.75, 3.05) is 21.7 Å². The minimum Gasteiger partial charge on any atom is -1.00 e.